The highest BCUT2D eigenvalue weighted by atomic mass is 19.1. The van der Waals surface area contributed by atoms with Crippen molar-refractivity contribution in [2.45, 2.75) is 31.8 Å². The summed E-state index contributed by atoms with van der Waals surface area (Å²) in [7, 11) is 0. The number of rotatable bonds is 7. The largest absolute Gasteiger partial charge is 0.457 e. The van der Waals surface area contributed by atoms with Crippen molar-refractivity contribution < 1.29 is 18.7 Å². The molecule has 228 valence electrons. The van der Waals surface area contributed by atoms with E-state index >= 15 is 0 Å². The second-order valence-electron chi connectivity index (χ2n) is 11.2. The number of nitrogens with two attached hydrogens (primary N) is 1. The van der Waals surface area contributed by atoms with Crippen molar-refractivity contribution in [1.82, 2.24) is 30.0 Å². The van der Waals surface area contributed by atoms with Crippen LogP contribution in [0.3, 0.4) is 0 Å². The number of carbonyl (C=O) groups is 2. The number of benzene rings is 3. The zero-order valence-electron chi connectivity index (χ0n) is 24.4. The molecule has 0 atom stereocenters. The van der Waals surface area contributed by atoms with Crippen LogP contribution in [-0.4, -0.2) is 56.2 Å². The predicted molar refractivity (Wildman–Crippen MR) is 167 cm³/mol. The van der Waals surface area contributed by atoms with E-state index in [2.05, 4.69) is 20.2 Å². The van der Waals surface area contributed by atoms with E-state index in [0.29, 0.717) is 46.1 Å². The maximum absolute atomic E-state index is 14.3. The Morgan fingerprint density at radius 3 is 2.44 bits per heavy atom. The van der Waals surface area contributed by atoms with Crippen LogP contribution >= 0.6 is 0 Å². The van der Waals surface area contributed by atoms with Gasteiger partial charge in [-0.1, -0.05) is 18.2 Å². The van der Waals surface area contributed by atoms with E-state index in [-0.39, 0.29) is 30.7 Å². The molecule has 2 aliphatic rings. The van der Waals surface area contributed by atoms with Gasteiger partial charge in [0.2, 0.25) is 5.91 Å². The van der Waals surface area contributed by atoms with Crippen LogP contribution in [0, 0.1) is 5.82 Å². The number of carbonyl (C=O) groups excluding carboxylic acids is 2. The summed E-state index contributed by atoms with van der Waals surface area (Å²) in [5.74, 6) is 1.15. The van der Waals surface area contributed by atoms with E-state index < -0.39 is 6.03 Å². The summed E-state index contributed by atoms with van der Waals surface area (Å²) < 4.78 is 22.2. The fraction of sp³-hybridized carbons (Fsp3) is 0.242. The van der Waals surface area contributed by atoms with Gasteiger partial charge in [0.25, 0.3) is 0 Å². The van der Waals surface area contributed by atoms with Gasteiger partial charge in [0, 0.05) is 38.2 Å². The lowest BCUT2D eigenvalue weighted by atomic mass is 10.0. The van der Waals surface area contributed by atoms with Gasteiger partial charge in [-0.3, -0.25) is 19.9 Å². The van der Waals surface area contributed by atoms with Gasteiger partial charge in [-0.15, -0.1) is 0 Å². The third kappa shape index (κ3) is 5.79. The normalized spacial score (nSPS) is 16.2. The Balaban J connectivity index is 1.09. The molecule has 12 heteroatoms. The monoisotopic (exact) mass is 606 g/mol. The van der Waals surface area contributed by atoms with E-state index in [9.17, 15) is 14.0 Å². The number of aromatic nitrogens is 4. The number of hydrogen-bond donors (Lipinski definition) is 2. The van der Waals surface area contributed by atoms with Gasteiger partial charge in [0.1, 0.15) is 35.2 Å². The van der Waals surface area contributed by atoms with Crippen LogP contribution in [0.25, 0.3) is 22.3 Å². The number of imide groups is 1. The molecule has 0 saturated carbocycles. The van der Waals surface area contributed by atoms with Crippen LogP contribution in [0.5, 0.6) is 11.5 Å². The Kier molecular flexibility index (Phi) is 7.55. The molecule has 2 saturated heterocycles. The summed E-state index contributed by atoms with van der Waals surface area (Å²) in [4.78, 5) is 36.7. The van der Waals surface area contributed by atoms with Crippen LogP contribution in [-0.2, 0) is 11.3 Å². The summed E-state index contributed by atoms with van der Waals surface area (Å²) in [5, 5.41) is 8.07. The number of amides is 3. The SMILES string of the molecule is Nc1ncnc2c1c(-c1ccc(Oc3ccccc3)cc1)nn2C1CCN(Cc2cc(F)ccc2N2CCC(=O)NC2=O)CC1. The third-order valence-electron chi connectivity index (χ3n) is 8.31. The molecule has 0 bridgehead atoms. The number of nitrogen functional groups attached to an aromatic ring is 1. The number of urea groups is 1. The molecule has 0 radical (unpaired) electrons. The average Bonchev–Trinajstić information content (AvgIpc) is 3.44. The minimum Gasteiger partial charge on any atom is -0.457 e. The van der Waals surface area contributed by atoms with Crippen molar-refractivity contribution in [1.29, 1.82) is 0 Å². The summed E-state index contributed by atoms with van der Waals surface area (Å²) >= 11 is 0. The first-order valence-corrected chi connectivity index (χ1v) is 14.9. The number of fused-ring (bicyclic) bond motifs is 1. The molecule has 2 fully saturated rings. The van der Waals surface area contributed by atoms with Crippen molar-refractivity contribution in [3.05, 3.63) is 90.5 Å². The second kappa shape index (κ2) is 12.0. The van der Waals surface area contributed by atoms with Crippen LogP contribution in [0.4, 0.5) is 20.7 Å². The van der Waals surface area contributed by atoms with Crippen LogP contribution in [0.15, 0.2) is 79.1 Å². The molecule has 3 amide bonds. The van der Waals surface area contributed by atoms with E-state index in [1.54, 1.807) is 6.07 Å². The number of likely N-dealkylation sites (tertiary alicyclic amines) is 1. The minimum absolute atomic E-state index is 0.0679. The zero-order valence-corrected chi connectivity index (χ0v) is 24.4. The first-order valence-electron chi connectivity index (χ1n) is 14.9. The fourth-order valence-corrected chi connectivity index (χ4v) is 6.06. The predicted octanol–water partition coefficient (Wildman–Crippen LogP) is 5.29. The molecular weight excluding hydrogens is 575 g/mol. The molecule has 45 heavy (non-hydrogen) atoms. The first-order chi connectivity index (χ1) is 21.9. The Labute approximate surface area is 258 Å². The molecule has 2 aliphatic heterocycles. The smallest absolute Gasteiger partial charge is 0.328 e. The summed E-state index contributed by atoms with van der Waals surface area (Å²) in [6, 6.07) is 21.3. The molecule has 7 rings (SSSR count). The number of ether oxygens (including phenoxy) is 1. The van der Waals surface area contributed by atoms with E-state index in [1.807, 2.05) is 59.3 Å². The lowest BCUT2D eigenvalue weighted by Gasteiger charge is -2.34. The van der Waals surface area contributed by atoms with Gasteiger partial charge in [0.05, 0.1) is 17.1 Å². The molecule has 3 N–H and O–H groups in total. The number of nitrogens with zero attached hydrogens (tertiary/aromatic N) is 6. The third-order valence-corrected chi connectivity index (χ3v) is 8.31. The van der Waals surface area contributed by atoms with Crippen LogP contribution in [0.2, 0.25) is 0 Å². The van der Waals surface area contributed by atoms with Gasteiger partial charge in [-0.05, 0) is 73.0 Å². The number of piperidine rings is 1. The van der Waals surface area contributed by atoms with E-state index in [4.69, 9.17) is 15.6 Å². The van der Waals surface area contributed by atoms with Crippen LogP contribution < -0.4 is 20.7 Å². The summed E-state index contributed by atoms with van der Waals surface area (Å²) in [6.07, 6.45) is 3.23. The van der Waals surface area contributed by atoms with Gasteiger partial charge in [0.15, 0.2) is 5.65 Å². The van der Waals surface area contributed by atoms with E-state index in [1.165, 1.54) is 23.4 Å². The highest BCUT2D eigenvalue weighted by molar-refractivity contribution is 6.06. The Morgan fingerprint density at radius 1 is 0.933 bits per heavy atom. The second-order valence-corrected chi connectivity index (χ2v) is 11.2. The van der Waals surface area contributed by atoms with Gasteiger partial charge in [-0.2, -0.15) is 5.10 Å². The van der Waals surface area contributed by atoms with Crippen molar-refractivity contribution >= 4 is 34.5 Å². The molecule has 0 unspecified atom stereocenters. The van der Waals surface area contributed by atoms with E-state index in [0.717, 1.165) is 37.2 Å². The summed E-state index contributed by atoms with van der Waals surface area (Å²) in [6.45, 7) is 2.19. The lowest BCUT2D eigenvalue weighted by molar-refractivity contribution is -0.120. The number of hydrogen-bond acceptors (Lipinski definition) is 8. The van der Waals surface area contributed by atoms with Crippen molar-refractivity contribution in [3.63, 3.8) is 0 Å². The molecule has 0 spiro atoms. The molecule has 11 nitrogen and oxygen atoms in total. The Morgan fingerprint density at radius 2 is 1.69 bits per heavy atom. The topological polar surface area (TPSA) is 131 Å². The Hall–Kier alpha value is -5.36. The highest BCUT2D eigenvalue weighted by Crippen LogP contribution is 2.36. The van der Waals surface area contributed by atoms with Gasteiger partial charge in [-0.25, -0.2) is 23.8 Å². The number of anilines is 2. The number of para-hydroxylation sites is 1. The average molecular weight is 607 g/mol. The maximum atomic E-state index is 14.3. The zero-order chi connectivity index (χ0) is 30.9. The molecule has 2 aromatic heterocycles. The minimum atomic E-state index is -0.487. The lowest BCUT2D eigenvalue weighted by Crippen LogP contribution is -2.50. The quantitative estimate of drug-likeness (QED) is 0.256. The molecule has 3 aromatic carbocycles. The molecule has 5 aromatic rings. The van der Waals surface area contributed by atoms with Crippen molar-refractivity contribution in [2.75, 3.05) is 30.3 Å². The fourth-order valence-electron chi connectivity index (χ4n) is 6.06. The molecular formula is C33H31FN8O3. The number of nitrogens with one attached hydrogen (secondary N) is 1. The molecule has 4 heterocycles. The maximum Gasteiger partial charge on any atom is 0.328 e. The van der Waals surface area contributed by atoms with Crippen molar-refractivity contribution in [3.8, 4) is 22.8 Å². The molecule has 0 aliphatic carbocycles. The van der Waals surface area contributed by atoms with Gasteiger partial charge < -0.3 is 10.5 Å². The van der Waals surface area contributed by atoms with Gasteiger partial charge >= 0.3 is 6.03 Å². The number of halogens is 1. The van der Waals surface area contributed by atoms with Crippen LogP contribution in [0.1, 0.15) is 30.9 Å². The Bertz CT molecular complexity index is 1870. The summed E-state index contributed by atoms with van der Waals surface area (Å²) in [5.41, 5.74) is 9.93. The standard InChI is InChI=1S/C33H31FN8O3/c34-23-8-11-27(41-17-14-28(43)38-33(41)44)22(18-23)19-40-15-12-24(13-16-40)42-32-29(31(35)36-20-37-32)30(39-42)21-6-9-26(10-7-21)45-25-4-2-1-3-5-25/h1-11,18,20,24H,12-17,19H2,(H2,35,36,37)(H,38,43,44). The first kappa shape index (κ1) is 28.4. The van der Waals surface area contributed by atoms with Crippen molar-refractivity contribution in [2.24, 2.45) is 0 Å². The highest BCUT2D eigenvalue weighted by Gasteiger charge is 2.29.